The van der Waals surface area contributed by atoms with Gasteiger partial charge in [0.15, 0.2) is 0 Å². The lowest BCUT2D eigenvalue weighted by Crippen LogP contribution is -2.07. The maximum Gasteiger partial charge on any atom is 0.433 e. The van der Waals surface area contributed by atoms with Crippen molar-refractivity contribution in [2.24, 2.45) is 0 Å². The van der Waals surface area contributed by atoms with Gasteiger partial charge in [0.25, 0.3) is 0 Å². The lowest BCUT2D eigenvalue weighted by atomic mass is 10.1. The van der Waals surface area contributed by atoms with Crippen LogP contribution in [0.3, 0.4) is 0 Å². The summed E-state index contributed by atoms with van der Waals surface area (Å²) in [7, 11) is 0. The number of aromatic nitrogens is 1. The van der Waals surface area contributed by atoms with Gasteiger partial charge in [-0.25, -0.2) is 0 Å². The summed E-state index contributed by atoms with van der Waals surface area (Å²) in [5.74, 6) is 0. The normalized spacial score (nSPS) is 11.3. The molecule has 0 fully saturated rings. The van der Waals surface area contributed by atoms with Crippen LogP contribution in [0.1, 0.15) is 16.1 Å². The molecule has 1 aromatic heterocycles. The number of alkyl halides is 3. The van der Waals surface area contributed by atoms with Gasteiger partial charge in [-0.15, -0.1) is 0 Å². The maximum absolute atomic E-state index is 12.3. The van der Waals surface area contributed by atoms with Crippen LogP contribution < -0.4 is 0 Å². The van der Waals surface area contributed by atoms with Crippen LogP contribution in [0.2, 0.25) is 0 Å². The molecule has 18 heavy (non-hydrogen) atoms. The van der Waals surface area contributed by atoms with Crippen molar-refractivity contribution in [1.82, 2.24) is 4.98 Å². The van der Waals surface area contributed by atoms with E-state index in [0.29, 0.717) is 23.0 Å². The van der Waals surface area contributed by atoms with E-state index in [2.05, 4.69) is 4.98 Å². The van der Waals surface area contributed by atoms with E-state index in [-0.39, 0.29) is 0 Å². The second-order valence-corrected chi connectivity index (χ2v) is 3.67. The molecule has 0 aliphatic carbocycles. The first-order valence-electron chi connectivity index (χ1n) is 5.09. The first kappa shape index (κ1) is 12.3. The molecule has 0 spiro atoms. The Morgan fingerprint density at radius 1 is 0.944 bits per heavy atom. The minimum absolute atomic E-state index is 0.513. The smallest absolute Gasteiger partial charge is 0.298 e. The molecule has 0 saturated heterocycles. The highest BCUT2D eigenvalue weighted by molar-refractivity contribution is 5.76. The van der Waals surface area contributed by atoms with Gasteiger partial charge in [-0.3, -0.25) is 9.78 Å². The number of rotatable bonds is 2. The number of carbonyl (C=O) groups excluding carboxylic acids is 1. The number of carbonyl (C=O) groups is 1. The highest BCUT2D eigenvalue weighted by Gasteiger charge is 2.31. The summed E-state index contributed by atoms with van der Waals surface area (Å²) in [4.78, 5) is 13.8. The van der Waals surface area contributed by atoms with Crippen LogP contribution in [0.4, 0.5) is 13.2 Å². The van der Waals surface area contributed by atoms with Gasteiger partial charge < -0.3 is 0 Å². The van der Waals surface area contributed by atoms with Crippen molar-refractivity contribution in [3.8, 4) is 11.1 Å². The van der Waals surface area contributed by atoms with E-state index in [1.807, 2.05) is 0 Å². The molecule has 0 aliphatic rings. The summed E-state index contributed by atoms with van der Waals surface area (Å²) in [5, 5.41) is 0. The Morgan fingerprint density at radius 2 is 1.56 bits per heavy atom. The SMILES string of the molecule is O=Cc1ccc(-c2ccc(C(F)(F)F)nc2)cc1. The lowest BCUT2D eigenvalue weighted by Gasteiger charge is -2.06. The zero-order chi connectivity index (χ0) is 13.2. The molecule has 0 saturated carbocycles. The van der Waals surface area contributed by atoms with E-state index < -0.39 is 11.9 Å². The largest absolute Gasteiger partial charge is 0.433 e. The number of hydrogen-bond acceptors (Lipinski definition) is 2. The Hall–Kier alpha value is -2.17. The molecule has 5 heteroatoms. The molecule has 92 valence electrons. The van der Waals surface area contributed by atoms with E-state index in [4.69, 9.17) is 0 Å². The van der Waals surface area contributed by atoms with Crippen LogP contribution in [0.5, 0.6) is 0 Å². The van der Waals surface area contributed by atoms with Gasteiger partial charge in [0.05, 0.1) is 0 Å². The molecule has 0 bridgehead atoms. The van der Waals surface area contributed by atoms with Gasteiger partial charge in [0.2, 0.25) is 0 Å². The van der Waals surface area contributed by atoms with Crippen LogP contribution >= 0.6 is 0 Å². The molecular weight excluding hydrogens is 243 g/mol. The average Bonchev–Trinajstić information content (AvgIpc) is 2.38. The Kier molecular flexibility index (Phi) is 3.14. The van der Waals surface area contributed by atoms with Crippen molar-refractivity contribution >= 4 is 6.29 Å². The highest BCUT2D eigenvalue weighted by atomic mass is 19.4. The van der Waals surface area contributed by atoms with E-state index in [1.165, 1.54) is 12.3 Å². The molecule has 1 heterocycles. The van der Waals surface area contributed by atoms with Gasteiger partial charge in [-0.1, -0.05) is 30.3 Å². The number of hydrogen-bond donors (Lipinski definition) is 0. The van der Waals surface area contributed by atoms with Gasteiger partial charge in [-0.05, 0) is 11.6 Å². The van der Waals surface area contributed by atoms with E-state index in [1.54, 1.807) is 24.3 Å². The fourth-order valence-corrected chi connectivity index (χ4v) is 1.49. The van der Waals surface area contributed by atoms with Gasteiger partial charge in [0, 0.05) is 17.3 Å². The number of halogens is 3. The fourth-order valence-electron chi connectivity index (χ4n) is 1.49. The second-order valence-electron chi connectivity index (χ2n) is 3.67. The second kappa shape index (κ2) is 4.60. The molecule has 2 aromatic rings. The maximum atomic E-state index is 12.3. The third-order valence-corrected chi connectivity index (χ3v) is 2.43. The summed E-state index contributed by atoms with van der Waals surface area (Å²) in [6, 6.07) is 8.80. The number of aldehydes is 1. The summed E-state index contributed by atoms with van der Waals surface area (Å²) in [6.07, 6.45) is -2.56. The molecule has 0 atom stereocenters. The van der Waals surface area contributed by atoms with Crippen LogP contribution in [0.15, 0.2) is 42.6 Å². The summed E-state index contributed by atoms with van der Waals surface area (Å²) in [6.45, 7) is 0. The highest BCUT2D eigenvalue weighted by Crippen LogP contribution is 2.28. The van der Waals surface area contributed by atoms with Crippen LogP contribution in [0, 0.1) is 0 Å². The van der Waals surface area contributed by atoms with Crippen molar-refractivity contribution < 1.29 is 18.0 Å². The van der Waals surface area contributed by atoms with E-state index in [9.17, 15) is 18.0 Å². The average molecular weight is 251 g/mol. The molecule has 0 radical (unpaired) electrons. The van der Waals surface area contributed by atoms with Crippen molar-refractivity contribution in [3.05, 3.63) is 53.9 Å². The molecule has 0 N–H and O–H groups in total. The minimum Gasteiger partial charge on any atom is -0.298 e. The van der Waals surface area contributed by atoms with E-state index >= 15 is 0 Å². The summed E-state index contributed by atoms with van der Waals surface area (Å²) >= 11 is 0. The molecule has 2 nitrogen and oxygen atoms in total. The number of nitrogens with zero attached hydrogens (tertiary/aromatic N) is 1. The van der Waals surface area contributed by atoms with Gasteiger partial charge in [0.1, 0.15) is 12.0 Å². The van der Waals surface area contributed by atoms with Gasteiger partial charge in [-0.2, -0.15) is 13.2 Å². The number of pyridine rings is 1. The molecule has 1 aromatic carbocycles. The first-order chi connectivity index (χ1) is 8.50. The lowest BCUT2D eigenvalue weighted by molar-refractivity contribution is -0.141. The quantitative estimate of drug-likeness (QED) is 0.763. The first-order valence-corrected chi connectivity index (χ1v) is 5.09. The third kappa shape index (κ3) is 2.56. The van der Waals surface area contributed by atoms with Crippen molar-refractivity contribution in [3.63, 3.8) is 0 Å². The zero-order valence-corrected chi connectivity index (χ0v) is 9.11. The molecule has 0 unspecified atom stereocenters. The minimum atomic E-state index is -4.43. The van der Waals surface area contributed by atoms with Crippen LogP contribution in [-0.2, 0) is 6.18 Å². The molecule has 0 aliphatic heterocycles. The predicted molar refractivity (Wildman–Crippen MR) is 60.1 cm³/mol. The standard InChI is InChI=1S/C13H8F3NO/c14-13(15,16)12-6-5-11(7-17-12)10-3-1-9(8-18)2-4-10/h1-8H. The summed E-state index contributed by atoms with van der Waals surface area (Å²) in [5.41, 5.74) is 0.872. The monoisotopic (exact) mass is 251 g/mol. The zero-order valence-electron chi connectivity index (χ0n) is 9.11. The molecular formula is C13H8F3NO. The Bertz CT molecular complexity index is 544. The Balaban J connectivity index is 2.31. The van der Waals surface area contributed by atoms with Crippen molar-refractivity contribution in [2.45, 2.75) is 6.18 Å². The molecule has 0 amide bonds. The van der Waals surface area contributed by atoms with Crippen LogP contribution in [-0.4, -0.2) is 11.3 Å². The third-order valence-electron chi connectivity index (χ3n) is 2.43. The van der Waals surface area contributed by atoms with E-state index in [0.717, 1.165) is 6.07 Å². The molecule has 2 rings (SSSR count). The fraction of sp³-hybridized carbons (Fsp3) is 0.0769. The Labute approximate surface area is 101 Å². The van der Waals surface area contributed by atoms with Crippen molar-refractivity contribution in [2.75, 3.05) is 0 Å². The van der Waals surface area contributed by atoms with Gasteiger partial charge >= 0.3 is 6.18 Å². The summed E-state index contributed by atoms with van der Waals surface area (Å²) < 4.78 is 37.0. The van der Waals surface area contributed by atoms with Crippen LogP contribution in [0.25, 0.3) is 11.1 Å². The predicted octanol–water partition coefficient (Wildman–Crippen LogP) is 3.58. The topological polar surface area (TPSA) is 30.0 Å². The number of benzene rings is 1. The Morgan fingerprint density at radius 3 is 2.00 bits per heavy atom. The van der Waals surface area contributed by atoms with Crippen molar-refractivity contribution in [1.29, 1.82) is 0 Å².